The highest BCUT2D eigenvalue weighted by Crippen LogP contribution is 2.47. The van der Waals surface area contributed by atoms with Gasteiger partial charge in [0.1, 0.15) is 0 Å². The van der Waals surface area contributed by atoms with Crippen LogP contribution in [0.4, 0.5) is 0 Å². The van der Waals surface area contributed by atoms with Gasteiger partial charge < -0.3 is 10.5 Å². The fraction of sp³-hybridized carbons (Fsp3) is 0.812. The van der Waals surface area contributed by atoms with Crippen LogP contribution in [0.15, 0.2) is 6.20 Å². The second kappa shape index (κ2) is 6.17. The summed E-state index contributed by atoms with van der Waals surface area (Å²) in [7, 11) is 1.70. The molecule has 1 fully saturated rings. The van der Waals surface area contributed by atoms with Crippen LogP contribution in [0.3, 0.4) is 0 Å². The lowest BCUT2D eigenvalue weighted by Gasteiger charge is -2.42. The van der Waals surface area contributed by atoms with Crippen LogP contribution >= 0.6 is 0 Å². The Balaban J connectivity index is 2.31. The van der Waals surface area contributed by atoms with Gasteiger partial charge in [0.15, 0.2) is 5.75 Å². The molecule has 4 nitrogen and oxygen atoms in total. The molecule has 114 valence electrons. The number of ether oxygens (including phenoxy) is 1. The molecule has 1 heterocycles. The Morgan fingerprint density at radius 2 is 2.25 bits per heavy atom. The van der Waals surface area contributed by atoms with Crippen molar-refractivity contribution in [2.75, 3.05) is 7.11 Å². The summed E-state index contributed by atoms with van der Waals surface area (Å²) in [6.07, 6.45) is 7.93. The number of nitrogens with zero attached hydrogens (tertiary/aromatic N) is 2. The Hall–Kier alpha value is -1.03. The maximum Gasteiger partial charge on any atom is 0.161 e. The summed E-state index contributed by atoms with van der Waals surface area (Å²) in [5, 5.41) is 4.45. The van der Waals surface area contributed by atoms with Crippen LogP contribution in [-0.2, 0) is 6.54 Å². The van der Waals surface area contributed by atoms with Crippen LogP contribution in [0.5, 0.6) is 5.75 Å². The summed E-state index contributed by atoms with van der Waals surface area (Å²) in [5.74, 6) is 1.34. The van der Waals surface area contributed by atoms with Crippen molar-refractivity contribution in [1.29, 1.82) is 0 Å². The lowest BCUT2D eigenvalue weighted by molar-refractivity contribution is 0.108. The van der Waals surface area contributed by atoms with Crippen molar-refractivity contribution in [3.05, 3.63) is 11.9 Å². The van der Waals surface area contributed by atoms with E-state index >= 15 is 0 Å². The van der Waals surface area contributed by atoms with Gasteiger partial charge in [-0.05, 0) is 30.6 Å². The molecule has 0 bridgehead atoms. The van der Waals surface area contributed by atoms with Crippen LogP contribution in [0.2, 0.25) is 0 Å². The molecule has 2 unspecified atom stereocenters. The summed E-state index contributed by atoms with van der Waals surface area (Å²) in [5.41, 5.74) is 8.03. The second-order valence-electron chi connectivity index (χ2n) is 6.69. The third-order valence-electron chi connectivity index (χ3n) is 4.84. The maximum atomic E-state index is 6.66. The lowest BCUT2D eigenvalue weighted by Crippen LogP contribution is -2.37. The molecule has 1 aromatic heterocycles. The Bertz CT molecular complexity index is 439. The number of methoxy groups -OCH3 is 1. The zero-order valence-electron chi connectivity index (χ0n) is 13.4. The van der Waals surface area contributed by atoms with Gasteiger partial charge in [-0.15, -0.1) is 0 Å². The monoisotopic (exact) mass is 279 g/mol. The average Bonchev–Trinajstić information content (AvgIpc) is 2.81. The molecule has 0 saturated heterocycles. The van der Waals surface area contributed by atoms with Gasteiger partial charge >= 0.3 is 0 Å². The normalized spacial score (nSPS) is 23.6. The minimum atomic E-state index is 0.00861. The highest BCUT2D eigenvalue weighted by molar-refractivity contribution is 5.29. The Morgan fingerprint density at radius 1 is 1.50 bits per heavy atom. The number of hydrogen-bond acceptors (Lipinski definition) is 3. The van der Waals surface area contributed by atoms with Gasteiger partial charge in [0.05, 0.1) is 25.0 Å². The van der Waals surface area contributed by atoms with Crippen molar-refractivity contribution in [2.24, 2.45) is 17.1 Å². The van der Waals surface area contributed by atoms with Crippen molar-refractivity contribution >= 4 is 0 Å². The molecule has 0 aliphatic heterocycles. The predicted molar refractivity (Wildman–Crippen MR) is 81.7 cm³/mol. The third kappa shape index (κ3) is 2.85. The van der Waals surface area contributed by atoms with Crippen LogP contribution in [0.1, 0.15) is 64.6 Å². The van der Waals surface area contributed by atoms with Gasteiger partial charge in [-0.3, -0.25) is 4.68 Å². The summed E-state index contributed by atoms with van der Waals surface area (Å²) in [6.45, 7) is 7.76. The molecule has 0 radical (unpaired) electrons. The van der Waals surface area contributed by atoms with Crippen LogP contribution in [0.25, 0.3) is 0 Å². The molecule has 2 rings (SSSR count). The summed E-state index contributed by atoms with van der Waals surface area (Å²) >= 11 is 0. The van der Waals surface area contributed by atoms with Crippen molar-refractivity contribution < 1.29 is 4.74 Å². The van der Waals surface area contributed by atoms with Crippen LogP contribution < -0.4 is 10.5 Å². The summed E-state index contributed by atoms with van der Waals surface area (Å²) in [4.78, 5) is 0. The zero-order valence-corrected chi connectivity index (χ0v) is 13.4. The Kier molecular flexibility index (Phi) is 4.74. The third-order valence-corrected chi connectivity index (χ3v) is 4.84. The number of aryl methyl sites for hydroxylation is 1. The molecule has 1 aromatic rings. The predicted octanol–water partition coefficient (Wildman–Crippen LogP) is 3.52. The molecule has 20 heavy (non-hydrogen) atoms. The smallest absolute Gasteiger partial charge is 0.161 e. The van der Waals surface area contributed by atoms with Crippen molar-refractivity contribution in [3.8, 4) is 5.75 Å². The van der Waals surface area contributed by atoms with E-state index in [1.165, 1.54) is 25.7 Å². The molecular formula is C16H29N3O. The van der Waals surface area contributed by atoms with E-state index in [1.54, 1.807) is 13.3 Å². The van der Waals surface area contributed by atoms with E-state index in [9.17, 15) is 0 Å². The van der Waals surface area contributed by atoms with E-state index in [0.717, 1.165) is 24.4 Å². The van der Waals surface area contributed by atoms with Crippen molar-refractivity contribution in [1.82, 2.24) is 9.78 Å². The Labute approximate surface area is 122 Å². The molecule has 0 aromatic carbocycles. The van der Waals surface area contributed by atoms with Crippen molar-refractivity contribution in [2.45, 2.75) is 65.5 Å². The second-order valence-corrected chi connectivity index (χ2v) is 6.69. The molecule has 1 aliphatic rings. The highest BCUT2D eigenvalue weighted by atomic mass is 16.5. The molecule has 1 aliphatic carbocycles. The number of aromatic nitrogens is 2. The molecule has 0 spiro atoms. The largest absolute Gasteiger partial charge is 0.493 e. The standard InChI is InChI=1S/C16H29N3O/c1-5-10-19-15(13(20-4)11-18-19)14(17)12-8-6-7-9-16(12,2)3/h11-12,14H,5-10,17H2,1-4H3. The van der Waals surface area contributed by atoms with Gasteiger partial charge in [0.2, 0.25) is 0 Å². The van der Waals surface area contributed by atoms with Crippen molar-refractivity contribution in [3.63, 3.8) is 0 Å². The lowest BCUT2D eigenvalue weighted by atomic mass is 9.65. The van der Waals surface area contributed by atoms with Gasteiger partial charge in [-0.1, -0.05) is 33.6 Å². The maximum absolute atomic E-state index is 6.66. The van der Waals surface area contributed by atoms with E-state index in [2.05, 4.69) is 25.9 Å². The molecular weight excluding hydrogens is 250 g/mol. The average molecular weight is 279 g/mol. The zero-order chi connectivity index (χ0) is 14.8. The molecule has 4 heteroatoms. The van der Waals surface area contributed by atoms with Gasteiger partial charge in [-0.2, -0.15) is 5.10 Å². The number of nitrogens with two attached hydrogens (primary N) is 1. The molecule has 0 amide bonds. The summed E-state index contributed by atoms with van der Waals surface area (Å²) < 4.78 is 7.53. The van der Waals surface area contributed by atoms with E-state index < -0.39 is 0 Å². The first-order chi connectivity index (χ1) is 9.51. The first-order valence-electron chi connectivity index (χ1n) is 7.86. The van der Waals surface area contributed by atoms with E-state index in [-0.39, 0.29) is 6.04 Å². The fourth-order valence-electron chi connectivity index (χ4n) is 3.64. The first kappa shape index (κ1) is 15.4. The minimum absolute atomic E-state index is 0.00861. The van der Waals surface area contributed by atoms with E-state index in [0.29, 0.717) is 11.3 Å². The topological polar surface area (TPSA) is 53.1 Å². The molecule has 1 saturated carbocycles. The van der Waals surface area contributed by atoms with Crippen LogP contribution in [0, 0.1) is 11.3 Å². The first-order valence-corrected chi connectivity index (χ1v) is 7.86. The Morgan fingerprint density at radius 3 is 2.85 bits per heavy atom. The molecule has 2 N–H and O–H groups in total. The quantitative estimate of drug-likeness (QED) is 0.897. The van der Waals surface area contributed by atoms with Gasteiger partial charge in [0.25, 0.3) is 0 Å². The fourth-order valence-corrected chi connectivity index (χ4v) is 3.64. The SMILES string of the molecule is CCCn1ncc(OC)c1C(N)C1CCCCC1(C)C. The van der Waals surface area contributed by atoms with E-state index in [1.807, 2.05) is 4.68 Å². The number of hydrogen-bond donors (Lipinski definition) is 1. The minimum Gasteiger partial charge on any atom is -0.493 e. The molecule has 2 atom stereocenters. The van der Waals surface area contributed by atoms with E-state index in [4.69, 9.17) is 10.5 Å². The number of rotatable bonds is 5. The van der Waals surface area contributed by atoms with Gasteiger partial charge in [0, 0.05) is 6.54 Å². The summed E-state index contributed by atoms with van der Waals surface area (Å²) in [6, 6.07) is 0.00861. The van der Waals surface area contributed by atoms with Crippen LogP contribution in [-0.4, -0.2) is 16.9 Å². The van der Waals surface area contributed by atoms with Gasteiger partial charge in [-0.25, -0.2) is 0 Å². The highest BCUT2D eigenvalue weighted by Gasteiger charge is 2.38.